The molecule has 0 fully saturated rings. The molecule has 4 heteroatoms. The van der Waals surface area contributed by atoms with Gasteiger partial charge in [0.05, 0.1) is 6.04 Å². The van der Waals surface area contributed by atoms with Crippen LogP contribution in [0.25, 0.3) is 0 Å². The largest absolute Gasteiger partial charge is 0.351 e. The number of hydrogen-bond acceptors (Lipinski definition) is 3. The molecule has 0 aromatic carbocycles. The maximum Gasteiger partial charge on any atom is 0.237 e. The number of carbonyl (C=O) groups is 1. The molecule has 1 atom stereocenters. The number of nitrogens with two attached hydrogens (primary N) is 1. The van der Waals surface area contributed by atoms with E-state index >= 15 is 0 Å². The van der Waals surface area contributed by atoms with Crippen LogP contribution in [0.4, 0.5) is 0 Å². The van der Waals surface area contributed by atoms with Crippen molar-refractivity contribution >= 4 is 5.91 Å². The highest BCUT2D eigenvalue weighted by Gasteiger charge is 2.12. The number of aryl methyl sites for hydroxylation is 1. The first-order chi connectivity index (χ1) is 8.15. The van der Waals surface area contributed by atoms with Crippen LogP contribution in [-0.4, -0.2) is 16.9 Å². The first-order valence-electron chi connectivity index (χ1n) is 6.08. The van der Waals surface area contributed by atoms with Crippen LogP contribution in [0.2, 0.25) is 0 Å². The smallest absolute Gasteiger partial charge is 0.237 e. The molecule has 4 nitrogen and oxygen atoms in total. The lowest BCUT2D eigenvalue weighted by atomic mass is 10.1. The standard InChI is InChI=1S/C13H21N3O/c1-3-4-5-12(14)13(17)16-9-11-8-15-7-6-10(11)2/h6-8,12H,3-5,9,14H2,1-2H3,(H,16,17). The Morgan fingerprint density at radius 1 is 1.59 bits per heavy atom. The van der Waals surface area contributed by atoms with E-state index in [-0.39, 0.29) is 5.91 Å². The number of aromatic nitrogens is 1. The molecule has 1 aromatic heterocycles. The molecule has 0 aliphatic heterocycles. The molecule has 0 aliphatic carbocycles. The summed E-state index contributed by atoms with van der Waals surface area (Å²) in [6, 6.07) is 1.53. The van der Waals surface area contributed by atoms with Crippen molar-refractivity contribution in [2.75, 3.05) is 0 Å². The Bertz CT molecular complexity index is 365. The number of nitrogens with zero attached hydrogens (tertiary/aromatic N) is 1. The molecule has 94 valence electrons. The number of unbranched alkanes of at least 4 members (excludes halogenated alkanes) is 1. The number of hydrogen-bond donors (Lipinski definition) is 2. The Morgan fingerprint density at radius 3 is 3.00 bits per heavy atom. The molecular formula is C13H21N3O. The minimum absolute atomic E-state index is 0.0818. The van der Waals surface area contributed by atoms with Crippen LogP contribution in [0.5, 0.6) is 0 Å². The molecule has 3 N–H and O–H groups in total. The van der Waals surface area contributed by atoms with Gasteiger partial charge in [-0.15, -0.1) is 0 Å². The summed E-state index contributed by atoms with van der Waals surface area (Å²) in [6.07, 6.45) is 6.30. The fraction of sp³-hybridized carbons (Fsp3) is 0.538. The topological polar surface area (TPSA) is 68.0 Å². The van der Waals surface area contributed by atoms with Crippen LogP contribution in [0, 0.1) is 6.92 Å². The molecule has 0 aliphatic rings. The van der Waals surface area contributed by atoms with Crippen LogP contribution in [0.1, 0.15) is 37.3 Å². The molecule has 1 aromatic rings. The first kappa shape index (κ1) is 13.6. The Labute approximate surface area is 103 Å². The Morgan fingerprint density at radius 2 is 2.35 bits per heavy atom. The SMILES string of the molecule is CCCCC(N)C(=O)NCc1cnccc1C. The average molecular weight is 235 g/mol. The van der Waals surface area contributed by atoms with E-state index in [2.05, 4.69) is 17.2 Å². The molecule has 0 saturated carbocycles. The van der Waals surface area contributed by atoms with Crippen LogP contribution in [0.15, 0.2) is 18.5 Å². The fourth-order valence-corrected chi connectivity index (χ4v) is 1.55. The van der Waals surface area contributed by atoms with Gasteiger partial charge < -0.3 is 11.1 Å². The summed E-state index contributed by atoms with van der Waals surface area (Å²) in [5.41, 5.74) is 7.94. The Balaban J connectivity index is 2.40. The van der Waals surface area contributed by atoms with Crippen molar-refractivity contribution in [3.05, 3.63) is 29.6 Å². The maximum absolute atomic E-state index is 11.7. The minimum atomic E-state index is -0.396. The van der Waals surface area contributed by atoms with Crippen molar-refractivity contribution in [2.45, 2.75) is 45.7 Å². The highest BCUT2D eigenvalue weighted by Crippen LogP contribution is 2.04. The molecule has 0 saturated heterocycles. The number of carbonyl (C=O) groups excluding carboxylic acids is 1. The summed E-state index contributed by atoms with van der Waals surface area (Å²) in [6.45, 7) is 4.59. The van der Waals surface area contributed by atoms with E-state index in [4.69, 9.17) is 5.73 Å². The lowest BCUT2D eigenvalue weighted by Crippen LogP contribution is -2.40. The minimum Gasteiger partial charge on any atom is -0.351 e. The molecule has 1 heterocycles. The Kier molecular flexibility index (Phi) is 5.63. The van der Waals surface area contributed by atoms with Gasteiger partial charge in [-0.25, -0.2) is 0 Å². The fourth-order valence-electron chi connectivity index (χ4n) is 1.55. The van der Waals surface area contributed by atoms with Crippen molar-refractivity contribution in [3.63, 3.8) is 0 Å². The van der Waals surface area contributed by atoms with Crippen LogP contribution in [-0.2, 0) is 11.3 Å². The molecule has 1 amide bonds. The van der Waals surface area contributed by atoms with Crippen LogP contribution >= 0.6 is 0 Å². The number of amides is 1. The maximum atomic E-state index is 11.7. The van der Waals surface area contributed by atoms with E-state index in [0.29, 0.717) is 6.54 Å². The van der Waals surface area contributed by atoms with E-state index in [1.54, 1.807) is 12.4 Å². The van der Waals surface area contributed by atoms with E-state index < -0.39 is 6.04 Å². The third kappa shape index (κ3) is 4.53. The summed E-state index contributed by atoms with van der Waals surface area (Å²) in [5.74, 6) is -0.0818. The normalized spacial score (nSPS) is 12.2. The van der Waals surface area contributed by atoms with Gasteiger partial charge in [-0.1, -0.05) is 19.8 Å². The second kappa shape index (κ2) is 7.01. The van der Waals surface area contributed by atoms with Crippen molar-refractivity contribution in [1.29, 1.82) is 0 Å². The average Bonchev–Trinajstić information content (AvgIpc) is 2.34. The van der Waals surface area contributed by atoms with Gasteiger partial charge in [-0.3, -0.25) is 9.78 Å². The van der Waals surface area contributed by atoms with Gasteiger partial charge in [0.15, 0.2) is 0 Å². The molecule has 0 radical (unpaired) electrons. The van der Waals surface area contributed by atoms with Crippen LogP contribution in [0.3, 0.4) is 0 Å². The number of pyridine rings is 1. The van der Waals surface area contributed by atoms with Gasteiger partial charge in [-0.2, -0.15) is 0 Å². The van der Waals surface area contributed by atoms with E-state index in [1.807, 2.05) is 13.0 Å². The second-order valence-electron chi connectivity index (χ2n) is 4.27. The van der Waals surface area contributed by atoms with Gasteiger partial charge in [0.1, 0.15) is 0 Å². The van der Waals surface area contributed by atoms with Crippen molar-refractivity contribution in [2.24, 2.45) is 5.73 Å². The summed E-state index contributed by atoms with van der Waals surface area (Å²) in [4.78, 5) is 15.7. The summed E-state index contributed by atoms with van der Waals surface area (Å²) < 4.78 is 0. The third-order valence-corrected chi connectivity index (χ3v) is 2.81. The second-order valence-corrected chi connectivity index (χ2v) is 4.27. The zero-order chi connectivity index (χ0) is 12.7. The predicted molar refractivity (Wildman–Crippen MR) is 68.3 cm³/mol. The summed E-state index contributed by atoms with van der Waals surface area (Å²) in [5, 5.41) is 2.84. The van der Waals surface area contributed by atoms with E-state index in [0.717, 1.165) is 30.4 Å². The molecule has 1 rings (SSSR count). The molecule has 0 spiro atoms. The van der Waals surface area contributed by atoms with Gasteiger partial charge in [0, 0.05) is 18.9 Å². The highest BCUT2D eigenvalue weighted by atomic mass is 16.2. The molecule has 0 bridgehead atoms. The summed E-state index contributed by atoms with van der Waals surface area (Å²) in [7, 11) is 0. The van der Waals surface area contributed by atoms with Gasteiger partial charge in [0.25, 0.3) is 0 Å². The lowest BCUT2D eigenvalue weighted by molar-refractivity contribution is -0.122. The van der Waals surface area contributed by atoms with Crippen molar-refractivity contribution in [3.8, 4) is 0 Å². The van der Waals surface area contributed by atoms with E-state index in [1.165, 1.54) is 0 Å². The number of nitrogens with one attached hydrogen (secondary N) is 1. The molecule has 17 heavy (non-hydrogen) atoms. The Hall–Kier alpha value is -1.42. The van der Waals surface area contributed by atoms with Crippen molar-refractivity contribution in [1.82, 2.24) is 10.3 Å². The first-order valence-corrected chi connectivity index (χ1v) is 6.08. The van der Waals surface area contributed by atoms with Crippen LogP contribution < -0.4 is 11.1 Å². The quantitative estimate of drug-likeness (QED) is 0.785. The lowest BCUT2D eigenvalue weighted by Gasteiger charge is -2.12. The summed E-state index contributed by atoms with van der Waals surface area (Å²) >= 11 is 0. The zero-order valence-corrected chi connectivity index (χ0v) is 10.6. The monoisotopic (exact) mass is 235 g/mol. The van der Waals surface area contributed by atoms with Gasteiger partial charge in [0.2, 0.25) is 5.91 Å². The highest BCUT2D eigenvalue weighted by molar-refractivity contribution is 5.81. The predicted octanol–water partition coefficient (Wildman–Crippen LogP) is 1.52. The third-order valence-electron chi connectivity index (χ3n) is 2.81. The van der Waals surface area contributed by atoms with Crippen molar-refractivity contribution < 1.29 is 4.79 Å². The molecule has 1 unspecified atom stereocenters. The van der Waals surface area contributed by atoms with Gasteiger partial charge >= 0.3 is 0 Å². The zero-order valence-electron chi connectivity index (χ0n) is 10.6. The number of rotatable bonds is 6. The van der Waals surface area contributed by atoms with Gasteiger partial charge in [-0.05, 0) is 30.5 Å². The molecular weight excluding hydrogens is 214 g/mol. The van der Waals surface area contributed by atoms with E-state index in [9.17, 15) is 4.79 Å².